The van der Waals surface area contributed by atoms with Gasteiger partial charge >= 0.3 is 0 Å². The van der Waals surface area contributed by atoms with Crippen LogP contribution in [0.5, 0.6) is 5.75 Å². The van der Waals surface area contributed by atoms with Crippen LogP contribution in [0, 0.1) is 5.89 Å². The predicted molar refractivity (Wildman–Crippen MR) is 106 cm³/mol. The Hall–Kier alpha value is -2.24. The van der Waals surface area contributed by atoms with E-state index in [0.717, 1.165) is 31.5 Å². The van der Waals surface area contributed by atoms with Crippen LogP contribution in [-0.2, 0) is 24.0 Å². The topological polar surface area (TPSA) is 69.9 Å². The Morgan fingerprint density at radius 2 is 2.14 bits per heavy atom. The van der Waals surface area contributed by atoms with Gasteiger partial charge in [0.25, 0.3) is 0 Å². The van der Waals surface area contributed by atoms with Crippen molar-refractivity contribution in [2.75, 3.05) is 6.61 Å². The molecule has 0 saturated heterocycles. The number of carbonyl (C=O) groups is 1. The molecular weight excluding hydrogens is 352 g/mol. The largest absolute Gasteiger partial charge is 0.494 e. The summed E-state index contributed by atoms with van der Waals surface area (Å²) in [6, 6.07) is 5.24. The Kier molecular flexibility index (Phi) is 4.38. The van der Waals surface area contributed by atoms with Crippen LogP contribution in [-0.4, -0.2) is 32.6 Å². The average Bonchev–Trinajstić information content (AvgIpc) is 3.21. The molecule has 1 heterocycles. The van der Waals surface area contributed by atoms with Gasteiger partial charge in [-0.05, 0) is 65.7 Å². The summed E-state index contributed by atoms with van der Waals surface area (Å²) in [5.41, 5.74) is 0.970. The zero-order chi connectivity index (χ0) is 23.9. The van der Waals surface area contributed by atoms with E-state index >= 15 is 0 Å². The standard InChI is InChI=1S/C22H30N4O2/c1-16-13-18-14-20(11-10-17(18)15-21(16)27)28-12-6-5-9-22-23-24-25-26(22)19-7-3-2-4-8-19/h10-11,14,16,19H,2-9,12-13,15H2,1H3/i2D2,13D2,16D. The van der Waals surface area contributed by atoms with E-state index in [2.05, 4.69) is 15.5 Å². The number of ether oxygens (including phenoxy) is 1. The van der Waals surface area contributed by atoms with Gasteiger partial charge in [0.05, 0.1) is 12.6 Å². The smallest absolute Gasteiger partial charge is 0.151 e. The fourth-order valence-electron chi connectivity index (χ4n) is 3.78. The van der Waals surface area contributed by atoms with Gasteiger partial charge in [0.2, 0.25) is 0 Å². The third-order valence-electron chi connectivity index (χ3n) is 5.45. The van der Waals surface area contributed by atoms with E-state index in [1.807, 2.05) is 4.68 Å². The molecule has 1 atom stereocenters. The summed E-state index contributed by atoms with van der Waals surface area (Å²) < 4.78 is 48.3. The van der Waals surface area contributed by atoms with Gasteiger partial charge in [-0.3, -0.25) is 4.79 Å². The lowest BCUT2D eigenvalue weighted by atomic mass is 9.84. The third kappa shape index (κ3) is 4.42. The van der Waals surface area contributed by atoms with Crippen LogP contribution in [0.3, 0.4) is 0 Å². The third-order valence-corrected chi connectivity index (χ3v) is 5.45. The normalized spacial score (nSPS) is 29.0. The minimum atomic E-state index is -2.08. The first kappa shape index (κ1) is 13.9. The van der Waals surface area contributed by atoms with Gasteiger partial charge in [-0.2, -0.15) is 0 Å². The first-order valence-corrected chi connectivity index (χ1v) is 10.1. The second-order valence-corrected chi connectivity index (χ2v) is 7.50. The highest BCUT2D eigenvalue weighted by molar-refractivity contribution is 5.85. The Morgan fingerprint density at radius 3 is 3.00 bits per heavy atom. The molecule has 2 aliphatic rings. The van der Waals surface area contributed by atoms with Crippen molar-refractivity contribution in [3.05, 3.63) is 35.2 Å². The van der Waals surface area contributed by atoms with Crippen LogP contribution >= 0.6 is 0 Å². The Morgan fingerprint density at radius 1 is 1.29 bits per heavy atom. The summed E-state index contributed by atoms with van der Waals surface area (Å²) in [6.07, 6.45) is 1.71. The number of tetrazole rings is 1. The molecule has 1 aromatic heterocycles. The average molecular weight is 388 g/mol. The van der Waals surface area contributed by atoms with Crippen LogP contribution in [0.15, 0.2) is 18.2 Å². The van der Waals surface area contributed by atoms with Crippen molar-refractivity contribution in [1.82, 2.24) is 20.2 Å². The molecule has 1 fully saturated rings. The highest BCUT2D eigenvalue weighted by Gasteiger charge is 2.23. The molecule has 1 saturated carbocycles. The monoisotopic (exact) mass is 387 g/mol. The first-order chi connectivity index (χ1) is 15.5. The summed E-state index contributed by atoms with van der Waals surface area (Å²) in [5, 5.41) is 12.1. The number of ketones is 1. The van der Waals surface area contributed by atoms with E-state index in [9.17, 15) is 4.79 Å². The summed E-state index contributed by atoms with van der Waals surface area (Å²) >= 11 is 0. The van der Waals surface area contributed by atoms with Crippen molar-refractivity contribution >= 4 is 5.78 Å². The molecule has 1 aromatic carbocycles. The van der Waals surface area contributed by atoms with Crippen molar-refractivity contribution in [2.45, 2.75) is 77.1 Å². The van der Waals surface area contributed by atoms with E-state index in [1.165, 1.54) is 6.92 Å². The minimum Gasteiger partial charge on any atom is -0.494 e. The molecule has 0 bridgehead atoms. The van der Waals surface area contributed by atoms with E-state index in [1.54, 1.807) is 18.2 Å². The van der Waals surface area contributed by atoms with Crippen molar-refractivity contribution in [1.29, 1.82) is 0 Å². The van der Waals surface area contributed by atoms with Crippen molar-refractivity contribution < 1.29 is 16.4 Å². The van der Waals surface area contributed by atoms with Gasteiger partial charge in [-0.15, -0.1) is 5.10 Å². The molecule has 0 N–H and O–H groups in total. The van der Waals surface area contributed by atoms with E-state index in [-0.39, 0.29) is 12.5 Å². The zero-order valence-electron chi connectivity index (χ0n) is 21.3. The minimum absolute atomic E-state index is 0.0649. The highest BCUT2D eigenvalue weighted by atomic mass is 16.5. The molecule has 4 rings (SSSR count). The first-order valence-electron chi connectivity index (χ1n) is 12.6. The number of hydrogen-bond acceptors (Lipinski definition) is 5. The summed E-state index contributed by atoms with van der Waals surface area (Å²) in [5.74, 6) is -0.889. The zero-order valence-corrected chi connectivity index (χ0v) is 16.3. The molecule has 1 unspecified atom stereocenters. The van der Waals surface area contributed by atoms with Gasteiger partial charge in [-0.1, -0.05) is 32.2 Å². The number of fused-ring (bicyclic) bond motifs is 1. The molecule has 28 heavy (non-hydrogen) atoms. The van der Waals surface area contributed by atoms with Crippen molar-refractivity contribution in [3.8, 4) is 5.75 Å². The Balaban J connectivity index is 1.29. The van der Waals surface area contributed by atoms with Gasteiger partial charge in [0, 0.05) is 25.6 Å². The summed E-state index contributed by atoms with van der Waals surface area (Å²) in [4.78, 5) is 12.2. The summed E-state index contributed by atoms with van der Waals surface area (Å²) in [6.45, 7) is 1.78. The maximum Gasteiger partial charge on any atom is 0.151 e. The van der Waals surface area contributed by atoms with Gasteiger partial charge in [-0.25, -0.2) is 4.68 Å². The van der Waals surface area contributed by atoms with Gasteiger partial charge < -0.3 is 4.74 Å². The Bertz CT molecular complexity index is 1010. The number of hydrogen-bond donors (Lipinski definition) is 0. The lowest BCUT2D eigenvalue weighted by Gasteiger charge is -2.22. The molecule has 2 aromatic rings. The number of nitrogens with zero attached hydrogens (tertiary/aromatic N) is 4. The van der Waals surface area contributed by atoms with E-state index < -0.39 is 24.4 Å². The maximum atomic E-state index is 12.2. The number of aromatic nitrogens is 4. The van der Waals surface area contributed by atoms with Crippen LogP contribution in [0.2, 0.25) is 0 Å². The number of benzene rings is 1. The lowest BCUT2D eigenvalue weighted by molar-refractivity contribution is -0.122. The van der Waals surface area contributed by atoms with E-state index in [0.29, 0.717) is 42.7 Å². The number of Topliss-reactive ketones (excluding diaryl/α,β-unsaturated/α-hetero) is 1. The SMILES string of the molecule is [2H]C1([2H])CCC(n2nnnc2CCCCOc2ccc3c(c2)C([2H])([2H])C([2H])(C)C(=O)C3)CC1. The number of aryl methyl sites for hydroxylation is 1. The molecular formula is C22H30N4O2. The van der Waals surface area contributed by atoms with Crippen LogP contribution < -0.4 is 4.74 Å². The predicted octanol–water partition coefficient (Wildman–Crippen LogP) is 3.88. The fourth-order valence-corrected chi connectivity index (χ4v) is 3.78. The molecule has 6 nitrogen and oxygen atoms in total. The van der Waals surface area contributed by atoms with Crippen molar-refractivity contribution in [3.63, 3.8) is 0 Å². The molecule has 0 spiro atoms. The number of carbonyl (C=O) groups excluding carboxylic acids is 1. The van der Waals surface area contributed by atoms with Gasteiger partial charge in [0.1, 0.15) is 11.5 Å². The second kappa shape index (κ2) is 8.84. The molecule has 0 aliphatic heterocycles. The van der Waals surface area contributed by atoms with Crippen LogP contribution in [0.1, 0.15) is 81.7 Å². The quantitative estimate of drug-likeness (QED) is 0.674. The lowest BCUT2D eigenvalue weighted by Crippen LogP contribution is -2.22. The molecule has 2 aliphatic carbocycles. The molecule has 150 valence electrons. The molecule has 6 heteroatoms. The highest BCUT2D eigenvalue weighted by Crippen LogP contribution is 2.28. The molecule has 0 radical (unpaired) electrons. The number of rotatable bonds is 7. The van der Waals surface area contributed by atoms with Crippen LogP contribution in [0.25, 0.3) is 0 Å². The van der Waals surface area contributed by atoms with Crippen molar-refractivity contribution in [2.24, 2.45) is 5.89 Å². The second-order valence-electron chi connectivity index (χ2n) is 7.50. The fraction of sp³-hybridized carbons (Fsp3) is 0.636. The summed E-state index contributed by atoms with van der Waals surface area (Å²) in [7, 11) is 0. The van der Waals surface area contributed by atoms with Crippen LogP contribution in [0.4, 0.5) is 0 Å². The number of unbranched alkanes of at least 4 members (excludes halogenated alkanes) is 1. The Labute approximate surface area is 173 Å². The van der Waals surface area contributed by atoms with Gasteiger partial charge in [0.15, 0.2) is 5.82 Å². The van der Waals surface area contributed by atoms with E-state index in [4.69, 9.17) is 11.6 Å². The maximum absolute atomic E-state index is 12.2. The molecule has 0 amide bonds.